The Balaban J connectivity index is 1.22. The molecular formula is C42H62O15. The molecule has 5 aliphatic carbocycles. The van der Waals surface area contributed by atoms with Gasteiger partial charge in [0.25, 0.3) is 0 Å². The van der Waals surface area contributed by atoms with Crippen LogP contribution in [-0.4, -0.2) is 126 Å². The van der Waals surface area contributed by atoms with Crippen molar-refractivity contribution in [1.82, 2.24) is 0 Å². The highest BCUT2D eigenvalue weighted by molar-refractivity contribution is 5.75. The Bertz CT molecular complexity index is 1710. The molecule has 2 aliphatic heterocycles. The second-order valence-electron chi connectivity index (χ2n) is 20.4. The molecule has 7 rings (SSSR count). The molecule has 0 aromatic carbocycles. The Kier molecular flexibility index (Phi) is 10.5. The van der Waals surface area contributed by atoms with Gasteiger partial charge in [0, 0.05) is 0 Å². The molecule has 0 bridgehead atoms. The summed E-state index contributed by atoms with van der Waals surface area (Å²) in [5, 5.41) is 83.3. The van der Waals surface area contributed by atoms with E-state index in [-0.39, 0.29) is 38.9 Å². The van der Waals surface area contributed by atoms with Crippen molar-refractivity contribution in [3.05, 3.63) is 23.3 Å². The molecule has 0 spiro atoms. The van der Waals surface area contributed by atoms with Gasteiger partial charge in [-0.25, -0.2) is 9.59 Å². The number of carboxylic acids is 3. The molecule has 0 aromatic heterocycles. The van der Waals surface area contributed by atoms with E-state index in [1.54, 1.807) is 0 Å². The highest BCUT2D eigenvalue weighted by Gasteiger charge is 2.67. The van der Waals surface area contributed by atoms with Crippen molar-refractivity contribution in [2.45, 2.75) is 174 Å². The minimum atomic E-state index is -2.02. The highest BCUT2D eigenvalue weighted by atomic mass is 16.8. The maximum Gasteiger partial charge on any atom is 0.335 e. The van der Waals surface area contributed by atoms with Crippen LogP contribution in [0.4, 0.5) is 0 Å². The van der Waals surface area contributed by atoms with E-state index in [9.17, 15) is 55.2 Å². The molecule has 15 heteroatoms. The maximum absolute atomic E-state index is 12.5. The molecular weight excluding hydrogens is 744 g/mol. The first-order valence-corrected chi connectivity index (χ1v) is 20.5. The van der Waals surface area contributed by atoms with Crippen LogP contribution in [0, 0.1) is 44.3 Å². The van der Waals surface area contributed by atoms with Crippen LogP contribution in [0.3, 0.4) is 0 Å². The monoisotopic (exact) mass is 806 g/mol. The molecule has 0 radical (unpaired) electrons. The molecule has 5 fully saturated rings. The number of aliphatic hydroxyl groups is 5. The van der Waals surface area contributed by atoms with E-state index in [0.29, 0.717) is 25.7 Å². The smallest absolute Gasteiger partial charge is 0.335 e. The summed E-state index contributed by atoms with van der Waals surface area (Å²) in [5.74, 6) is -3.64. The van der Waals surface area contributed by atoms with E-state index in [2.05, 4.69) is 53.7 Å². The normalized spacial score (nSPS) is 51.8. The van der Waals surface area contributed by atoms with Gasteiger partial charge in [-0.15, -0.1) is 0 Å². The third kappa shape index (κ3) is 6.44. The third-order valence-corrected chi connectivity index (χ3v) is 16.6. The number of hydrogen-bond donors (Lipinski definition) is 8. The lowest BCUT2D eigenvalue weighted by Crippen LogP contribution is -2.66. The average molecular weight is 807 g/mol. The van der Waals surface area contributed by atoms with Crippen molar-refractivity contribution in [2.24, 2.45) is 44.3 Å². The fourth-order valence-electron chi connectivity index (χ4n) is 13.0. The van der Waals surface area contributed by atoms with E-state index in [1.807, 2.05) is 6.92 Å². The van der Waals surface area contributed by atoms with Crippen molar-refractivity contribution >= 4 is 17.9 Å². The Morgan fingerprint density at radius 3 is 1.91 bits per heavy atom. The second kappa shape index (κ2) is 14.1. The largest absolute Gasteiger partial charge is 0.481 e. The quantitative estimate of drug-likeness (QED) is 0.172. The molecule has 0 unspecified atom stereocenters. The first kappa shape index (κ1) is 42.6. The summed E-state index contributed by atoms with van der Waals surface area (Å²) in [6.07, 6.45) is -8.28. The Labute approximate surface area is 333 Å². The zero-order valence-electron chi connectivity index (χ0n) is 34.0. The number of carboxylic acid groups (broad SMARTS) is 3. The van der Waals surface area contributed by atoms with Crippen molar-refractivity contribution in [3.8, 4) is 0 Å². The predicted molar refractivity (Wildman–Crippen MR) is 199 cm³/mol. The number of aliphatic carboxylic acids is 3. The standard InChI is InChI=1S/C42H62O15/c1-37(2)16-19(54-35-31(27(46)26(45)30(56-35)33(50)51)57-34-28(47)24(43)25(44)29(55-34)32(48)49)17-40(5)22(37)10-11-42(7)23(40)9-8-20-21-18-39(4,36(52)53)13-12-38(21,3)14-15-41(20,42)6/h8-9,19,22-31,34-35,43-47H,10-18H2,1-7H3,(H,48,49)(H,50,51)(H,52,53)/t19-,22-,23+,24+,25+,26+,27-,28-,29-,30-,31+,34+,35-,38-,39+,40-,41-,42-/m0/s1. The number of rotatable bonds is 7. The van der Waals surface area contributed by atoms with E-state index in [4.69, 9.17) is 18.9 Å². The summed E-state index contributed by atoms with van der Waals surface area (Å²) in [7, 11) is 0. The minimum Gasteiger partial charge on any atom is -0.481 e. The van der Waals surface area contributed by atoms with Crippen LogP contribution in [-0.2, 0) is 33.3 Å². The molecule has 8 N–H and O–H groups in total. The van der Waals surface area contributed by atoms with Crippen LogP contribution >= 0.6 is 0 Å². The van der Waals surface area contributed by atoms with Crippen molar-refractivity contribution in [1.29, 1.82) is 0 Å². The van der Waals surface area contributed by atoms with E-state index in [0.717, 1.165) is 32.1 Å². The number of fused-ring (bicyclic) bond motifs is 6. The van der Waals surface area contributed by atoms with Gasteiger partial charge in [0.1, 0.15) is 36.6 Å². The van der Waals surface area contributed by atoms with Crippen LogP contribution < -0.4 is 0 Å². The van der Waals surface area contributed by atoms with Gasteiger partial charge in [0.15, 0.2) is 24.8 Å². The number of hydrogen-bond acceptors (Lipinski definition) is 12. The summed E-state index contributed by atoms with van der Waals surface area (Å²) in [6, 6.07) is 0. The number of aliphatic hydroxyl groups excluding tert-OH is 5. The second-order valence-corrected chi connectivity index (χ2v) is 20.4. The summed E-state index contributed by atoms with van der Waals surface area (Å²) in [4.78, 5) is 36.6. The maximum atomic E-state index is 12.5. The Morgan fingerprint density at radius 1 is 0.702 bits per heavy atom. The number of carbonyl (C=O) groups is 3. The topological polar surface area (TPSA) is 250 Å². The van der Waals surface area contributed by atoms with E-state index < -0.39 is 90.8 Å². The SMILES string of the molecule is CC1(C)C[C@H](O[C@H]2O[C@H](C(=O)O)[C@H](O)[C@H](O)[C@H]2O[C@H]2O[C@H](C(=O)O)[C@H](O)[C@@H](O)[C@@H]2O)C[C@]2(C)[C@H]3C=CC4=C5C[C@](C)(C(=O)O)CC[C@@]5(C)CC[C@]4(C)[C@@]3(C)CC[C@@H]12. The van der Waals surface area contributed by atoms with Gasteiger partial charge in [-0.2, -0.15) is 0 Å². The van der Waals surface area contributed by atoms with Gasteiger partial charge in [0.05, 0.1) is 11.5 Å². The number of ether oxygens (including phenoxy) is 4. The Morgan fingerprint density at radius 2 is 1.30 bits per heavy atom. The summed E-state index contributed by atoms with van der Waals surface area (Å²) < 4.78 is 23.6. The predicted octanol–water partition coefficient (Wildman–Crippen LogP) is 2.99. The molecule has 3 saturated carbocycles. The van der Waals surface area contributed by atoms with E-state index >= 15 is 0 Å². The lowest BCUT2D eigenvalue weighted by molar-refractivity contribution is -0.368. The molecule has 320 valence electrons. The van der Waals surface area contributed by atoms with Crippen LogP contribution in [0.15, 0.2) is 23.3 Å². The molecule has 0 aromatic rings. The number of allylic oxidation sites excluding steroid dienone is 4. The molecule has 18 atom stereocenters. The van der Waals surface area contributed by atoms with Crippen LogP contribution in [0.5, 0.6) is 0 Å². The molecule has 2 saturated heterocycles. The average Bonchev–Trinajstić information content (AvgIpc) is 3.11. The molecule has 57 heavy (non-hydrogen) atoms. The third-order valence-electron chi connectivity index (χ3n) is 16.6. The zero-order chi connectivity index (χ0) is 42.0. The highest BCUT2D eigenvalue weighted by Crippen LogP contribution is 2.74. The summed E-state index contributed by atoms with van der Waals surface area (Å²) in [5.41, 5.74) is 0.607. The lowest BCUT2D eigenvalue weighted by Gasteiger charge is -2.69. The van der Waals surface area contributed by atoms with Gasteiger partial charge >= 0.3 is 17.9 Å². The van der Waals surface area contributed by atoms with Gasteiger partial charge < -0.3 is 59.8 Å². The van der Waals surface area contributed by atoms with Crippen molar-refractivity contribution in [3.63, 3.8) is 0 Å². The fourth-order valence-corrected chi connectivity index (χ4v) is 13.0. The van der Waals surface area contributed by atoms with Crippen molar-refractivity contribution < 1.29 is 74.2 Å². The molecule has 0 amide bonds. The Hall–Kier alpha value is -2.47. The van der Waals surface area contributed by atoms with Crippen LogP contribution in [0.1, 0.15) is 106 Å². The molecule has 15 nitrogen and oxygen atoms in total. The lowest BCUT2D eigenvalue weighted by atomic mass is 9.35. The van der Waals surface area contributed by atoms with Crippen LogP contribution in [0.2, 0.25) is 0 Å². The van der Waals surface area contributed by atoms with Gasteiger partial charge in [-0.1, -0.05) is 59.3 Å². The van der Waals surface area contributed by atoms with E-state index in [1.165, 1.54) is 11.1 Å². The van der Waals surface area contributed by atoms with Gasteiger partial charge in [-0.05, 0) is 109 Å². The minimum absolute atomic E-state index is 0.0556. The first-order chi connectivity index (χ1) is 26.3. The van der Waals surface area contributed by atoms with Gasteiger partial charge in [-0.3, -0.25) is 4.79 Å². The fraction of sp³-hybridized carbons (Fsp3) is 0.833. The summed E-state index contributed by atoms with van der Waals surface area (Å²) in [6.45, 7) is 15.6. The molecule has 2 heterocycles. The van der Waals surface area contributed by atoms with Crippen molar-refractivity contribution in [2.75, 3.05) is 0 Å². The first-order valence-electron chi connectivity index (χ1n) is 20.5. The molecule has 7 aliphatic rings. The summed E-state index contributed by atoms with van der Waals surface area (Å²) >= 11 is 0. The van der Waals surface area contributed by atoms with Crippen LogP contribution in [0.25, 0.3) is 0 Å². The van der Waals surface area contributed by atoms with Gasteiger partial charge in [0.2, 0.25) is 0 Å². The zero-order valence-corrected chi connectivity index (χ0v) is 34.0.